The fraction of sp³-hybridized carbons (Fsp3) is 0.923. The standard InChI is InChI=1S/C13H26N2O/c1-4-5-6-7-12(16)15-9-8-11(14)13(2,3)10-15/h11H,4-10,14H2,1-3H3. The highest BCUT2D eigenvalue weighted by molar-refractivity contribution is 5.76. The van der Waals surface area contributed by atoms with Crippen molar-refractivity contribution < 1.29 is 4.79 Å². The lowest BCUT2D eigenvalue weighted by molar-refractivity contribution is -0.134. The van der Waals surface area contributed by atoms with Crippen LogP contribution >= 0.6 is 0 Å². The highest BCUT2D eigenvalue weighted by atomic mass is 16.2. The van der Waals surface area contributed by atoms with Gasteiger partial charge in [-0.2, -0.15) is 0 Å². The van der Waals surface area contributed by atoms with E-state index in [1.165, 1.54) is 6.42 Å². The molecule has 3 nitrogen and oxygen atoms in total. The summed E-state index contributed by atoms with van der Waals surface area (Å²) in [6.07, 6.45) is 5.00. The van der Waals surface area contributed by atoms with E-state index in [2.05, 4.69) is 20.8 Å². The van der Waals surface area contributed by atoms with Crippen LogP contribution in [0.4, 0.5) is 0 Å². The van der Waals surface area contributed by atoms with Gasteiger partial charge in [-0.1, -0.05) is 33.6 Å². The van der Waals surface area contributed by atoms with Crippen LogP contribution in [0, 0.1) is 5.41 Å². The summed E-state index contributed by atoms with van der Waals surface area (Å²) in [4.78, 5) is 14.0. The zero-order chi connectivity index (χ0) is 12.2. The van der Waals surface area contributed by atoms with Crippen molar-refractivity contribution in [1.29, 1.82) is 0 Å². The van der Waals surface area contributed by atoms with Crippen LogP contribution in [0.5, 0.6) is 0 Å². The van der Waals surface area contributed by atoms with Crippen molar-refractivity contribution in [1.82, 2.24) is 4.90 Å². The SMILES string of the molecule is CCCCCC(=O)N1CCC(N)C(C)(C)C1. The molecule has 1 fully saturated rings. The first-order chi connectivity index (χ1) is 7.47. The molecule has 0 saturated carbocycles. The summed E-state index contributed by atoms with van der Waals surface area (Å²) in [5, 5.41) is 0. The van der Waals surface area contributed by atoms with E-state index < -0.39 is 0 Å². The molecule has 0 spiro atoms. The predicted molar refractivity (Wildman–Crippen MR) is 67.1 cm³/mol. The summed E-state index contributed by atoms with van der Waals surface area (Å²) in [6.45, 7) is 8.13. The summed E-state index contributed by atoms with van der Waals surface area (Å²) >= 11 is 0. The minimum absolute atomic E-state index is 0.0681. The van der Waals surface area contributed by atoms with Gasteiger partial charge in [-0.15, -0.1) is 0 Å². The first-order valence-electron chi connectivity index (χ1n) is 6.50. The van der Waals surface area contributed by atoms with Gasteiger partial charge in [0, 0.05) is 25.6 Å². The Kier molecular flexibility index (Phi) is 4.78. The van der Waals surface area contributed by atoms with Crippen LogP contribution in [-0.2, 0) is 4.79 Å². The fourth-order valence-corrected chi connectivity index (χ4v) is 2.27. The van der Waals surface area contributed by atoms with Crippen LogP contribution in [0.15, 0.2) is 0 Å². The Labute approximate surface area is 99.4 Å². The van der Waals surface area contributed by atoms with E-state index in [0.717, 1.165) is 32.4 Å². The third-order valence-electron chi connectivity index (χ3n) is 3.66. The molecule has 1 saturated heterocycles. The molecule has 1 amide bonds. The van der Waals surface area contributed by atoms with Gasteiger partial charge in [0.05, 0.1) is 0 Å². The Morgan fingerprint density at radius 1 is 1.44 bits per heavy atom. The van der Waals surface area contributed by atoms with Crippen molar-refractivity contribution in [2.75, 3.05) is 13.1 Å². The number of nitrogens with zero attached hydrogens (tertiary/aromatic N) is 1. The van der Waals surface area contributed by atoms with Crippen LogP contribution < -0.4 is 5.73 Å². The molecule has 1 heterocycles. The van der Waals surface area contributed by atoms with Gasteiger partial charge < -0.3 is 10.6 Å². The normalized spacial score (nSPS) is 24.5. The lowest BCUT2D eigenvalue weighted by Crippen LogP contribution is -2.53. The van der Waals surface area contributed by atoms with Crippen LogP contribution in [0.1, 0.15) is 52.9 Å². The highest BCUT2D eigenvalue weighted by Gasteiger charge is 2.34. The Morgan fingerprint density at radius 3 is 2.69 bits per heavy atom. The van der Waals surface area contributed by atoms with E-state index in [1.807, 2.05) is 4.90 Å². The minimum Gasteiger partial charge on any atom is -0.342 e. The van der Waals surface area contributed by atoms with E-state index in [1.54, 1.807) is 0 Å². The number of nitrogens with two attached hydrogens (primary N) is 1. The van der Waals surface area contributed by atoms with E-state index in [4.69, 9.17) is 5.73 Å². The second kappa shape index (κ2) is 5.67. The monoisotopic (exact) mass is 226 g/mol. The smallest absolute Gasteiger partial charge is 0.222 e. The van der Waals surface area contributed by atoms with Gasteiger partial charge >= 0.3 is 0 Å². The van der Waals surface area contributed by atoms with Gasteiger partial charge in [-0.25, -0.2) is 0 Å². The molecule has 1 atom stereocenters. The Hall–Kier alpha value is -0.570. The van der Waals surface area contributed by atoms with Gasteiger partial charge in [0.25, 0.3) is 0 Å². The van der Waals surface area contributed by atoms with Crippen LogP contribution in [0.25, 0.3) is 0 Å². The third-order valence-corrected chi connectivity index (χ3v) is 3.66. The molecule has 1 rings (SSSR count). The molecule has 0 bridgehead atoms. The number of likely N-dealkylation sites (tertiary alicyclic amines) is 1. The summed E-state index contributed by atoms with van der Waals surface area (Å²) in [5.41, 5.74) is 6.13. The second-order valence-electron chi connectivity index (χ2n) is 5.66. The van der Waals surface area contributed by atoms with Crippen molar-refractivity contribution in [2.45, 2.75) is 58.9 Å². The van der Waals surface area contributed by atoms with E-state index in [0.29, 0.717) is 12.3 Å². The van der Waals surface area contributed by atoms with Crippen LogP contribution in [0.2, 0.25) is 0 Å². The minimum atomic E-state index is 0.0681. The maximum absolute atomic E-state index is 12.0. The number of hydrogen-bond acceptors (Lipinski definition) is 2. The largest absolute Gasteiger partial charge is 0.342 e. The van der Waals surface area contributed by atoms with Crippen molar-refractivity contribution in [3.05, 3.63) is 0 Å². The summed E-state index contributed by atoms with van der Waals surface area (Å²) in [7, 11) is 0. The fourth-order valence-electron chi connectivity index (χ4n) is 2.27. The molecule has 94 valence electrons. The molecule has 0 radical (unpaired) electrons. The van der Waals surface area contributed by atoms with Gasteiger partial charge in [0.15, 0.2) is 0 Å². The molecule has 0 aliphatic carbocycles. The second-order valence-corrected chi connectivity index (χ2v) is 5.66. The predicted octanol–water partition coefficient (Wildman–Crippen LogP) is 2.15. The molecular formula is C13H26N2O. The molecule has 1 aliphatic rings. The molecule has 0 aromatic heterocycles. The molecule has 0 aromatic carbocycles. The first kappa shape index (κ1) is 13.5. The van der Waals surface area contributed by atoms with Crippen molar-refractivity contribution >= 4 is 5.91 Å². The zero-order valence-electron chi connectivity index (χ0n) is 11.0. The first-order valence-corrected chi connectivity index (χ1v) is 6.50. The maximum Gasteiger partial charge on any atom is 0.222 e. The van der Waals surface area contributed by atoms with Crippen molar-refractivity contribution in [3.8, 4) is 0 Å². The summed E-state index contributed by atoms with van der Waals surface area (Å²) in [5.74, 6) is 0.313. The van der Waals surface area contributed by atoms with E-state index >= 15 is 0 Å². The van der Waals surface area contributed by atoms with Gasteiger partial charge in [-0.05, 0) is 18.3 Å². The maximum atomic E-state index is 12.0. The summed E-state index contributed by atoms with van der Waals surface area (Å²) in [6, 6.07) is 0.229. The Bertz CT molecular complexity index is 238. The van der Waals surface area contributed by atoms with Crippen molar-refractivity contribution in [2.24, 2.45) is 11.1 Å². The van der Waals surface area contributed by atoms with Gasteiger partial charge in [0.2, 0.25) is 5.91 Å². The quantitative estimate of drug-likeness (QED) is 0.747. The number of carbonyl (C=O) groups is 1. The number of amides is 1. The molecule has 2 N–H and O–H groups in total. The molecule has 1 aliphatic heterocycles. The van der Waals surface area contributed by atoms with Crippen LogP contribution in [-0.4, -0.2) is 29.9 Å². The number of hydrogen-bond donors (Lipinski definition) is 1. The topological polar surface area (TPSA) is 46.3 Å². The van der Waals surface area contributed by atoms with Gasteiger partial charge in [0.1, 0.15) is 0 Å². The van der Waals surface area contributed by atoms with Crippen molar-refractivity contribution in [3.63, 3.8) is 0 Å². The average molecular weight is 226 g/mol. The highest BCUT2D eigenvalue weighted by Crippen LogP contribution is 2.28. The van der Waals surface area contributed by atoms with E-state index in [9.17, 15) is 4.79 Å². The summed E-state index contributed by atoms with van der Waals surface area (Å²) < 4.78 is 0. The lowest BCUT2D eigenvalue weighted by atomic mass is 9.79. The molecular weight excluding hydrogens is 200 g/mol. The molecule has 0 aromatic rings. The molecule has 3 heteroatoms. The third kappa shape index (κ3) is 3.48. The Balaban J connectivity index is 2.40. The number of piperidine rings is 1. The number of unbranched alkanes of at least 4 members (excludes halogenated alkanes) is 2. The average Bonchev–Trinajstić information content (AvgIpc) is 2.22. The van der Waals surface area contributed by atoms with Crippen LogP contribution in [0.3, 0.4) is 0 Å². The molecule has 1 unspecified atom stereocenters. The Morgan fingerprint density at radius 2 is 2.12 bits per heavy atom. The van der Waals surface area contributed by atoms with E-state index in [-0.39, 0.29) is 11.5 Å². The molecule has 16 heavy (non-hydrogen) atoms. The zero-order valence-corrected chi connectivity index (χ0v) is 11.0. The number of rotatable bonds is 4. The number of carbonyl (C=O) groups excluding carboxylic acids is 1. The lowest BCUT2D eigenvalue weighted by Gasteiger charge is -2.42. The van der Waals surface area contributed by atoms with Gasteiger partial charge in [-0.3, -0.25) is 4.79 Å².